The average molecular weight is 434 g/mol. The third kappa shape index (κ3) is 5.32. The number of halogens is 1. The van der Waals surface area contributed by atoms with Crippen LogP contribution in [0.25, 0.3) is 0 Å². The number of carboxylic acids is 1. The van der Waals surface area contributed by atoms with Crippen molar-refractivity contribution in [3.05, 3.63) is 95.1 Å². The minimum Gasteiger partial charge on any atom is -0.481 e. The predicted octanol–water partition coefficient (Wildman–Crippen LogP) is 4.57. The Hall–Kier alpha value is -3.25. The van der Waals surface area contributed by atoms with Crippen molar-refractivity contribution in [2.45, 2.75) is 31.7 Å². The fourth-order valence-electron chi connectivity index (χ4n) is 4.43. The lowest BCUT2D eigenvalue weighted by molar-refractivity contribution is -0.136. The summed E-state index contributed by atoms with van der Waals surface area (Å²) in [4.78, 5) is 15.6. The number of benzene rings is 2. The Morgan fingerprint density at radius 3 is 2.78 bits per heavy atom. The fourth-order valence-corrected chi connectivity index (χ4v) is 4.43. The van der Waals surface area contributed by atoms with E-state index in [2.05, 4.69) is 33.8 Å². The Morgan fingerprint density at radius 1 is 1.19 bits per heavy atom. The standard InChI is InChI=1S/C26H28FN3O2/c1-17(20-10-18(12-25(31)32)11-22(27)13-20)15-30-26(19-6-3-2-4-7-19)21-14-24-23(29-16-21)8-5-9-28-24/h2-11,13,17,21,26,29-30H,12,14-16H2,1H3,(H,31,32)/t17-,21-,26-/m1/s1. The summed E-state index contributed by atoms with van der Waals surface area (Å²) < 4.78 is 14.1. The van der Waals surface area contributed by atoms with Gasteiger partial charge in [0.1, 0.15) is 5.82 Å². The normalized spacial score (nSPS) is 17.1. The van der Waals surface area contributed by atoms with Crippen molar-refractivity contribution in [3.8, 4) is 0 Å². The van der Waals surface area contributed by atoms with Gasteiger partial charge in [-0.15, -0.1) is 0 Å². The number of rotatable bonds is 8. The van der Waals surface area contributed by atoms with E-state index in [4.69, 9.17) is 5.11 Å². The number of nitrogens with one attached hydrogen (secondary N) is 2. The lowest BCUT2D eigenvalue weighted by Gasteiger charge is -2.33. The highest BCUT2D eigenvalue weighted by Crippen LogP contribution is 2.32. The van der Waals surface area contributed by atoms with E-state index in [1.807, 2.05) is 37.4 Å². The summed E-state index contributed by atoms with van der Waals surface area (Å²) in [6, 6.07) is 19.0. The number of hydrogen-bond acceptors (Lipinski definition) is 4. The summed E-state index contributed by atoms with van der Waals surface area (Å²) in [7, 11) is 0. The molecule has 4 rings (SSSR count). The first-order valence-electron chi connectivity index (χ1n) is 11.0. The monoisotopic (exact) mass is 433 g/mol. The van der Waals surface area contributed by atoms with Gasteiger partial charge >= 0.3 is 5.97 Å². The van der Waals surface area contributed by atoms with Crippen molar-refractivity contribution in [3.63, 3.8) is 0 Å². The number of carboxylic acid groups (broad SMARTS) is 1. The van der Waals surface area contributed by atoms with Gasteiger partial charge in [0.2, 0.25) is 0 Å². The molecule has 0 aliphatic carbocycles. The molecule has 0 unspecified atom stereocenters. The number of hydrogen-bond donors (Lipinski definition) is 3. The van der Waals surface area contributed by atoms with Gasteiger partial charge in [-0.25, -0.2) is 4.39 Å². The molecule has 5 nitrogen and oxygen atoms in total. The number of anilines is 1. The van der Waals surface area contributed by atoms with Crippen LogP contribution in [0.2, 0.25) is 0 Å². The lowest BCUT2D eigenvalue weighted by Crippen LogP contribution is -2.37. The van der Waals surface area contributed by atoms with Crippen LogP contribution in [-0.2, 0) is 17.6 Å². The van der Waals surface area contributed by atoms with Crippen LogP contribution in [0, 0.1) is 11.7 Å². The molecule has 2 aromatic carbocycles. The zero-order valence-corrected chi connectivity index (χ0v) is 18.1. The number of fused-ring (bicyclic) bond motifs is 1. The topological polar surface area (TPSA) is 74.2 Å². The molecule has 0 amide bonds. The number of nitrogens with zero attached hydrogens (tertiary/aromatic N) is 1. The smallest absolute Gasteiger partial charge is 0.307 e. The molecule has 1 aliphatic heterocycles. The van der Waals surface area contributed by atoms with Gasteiger partial charge in [0, 0.05) is 31.2 Å². The molecule has 6 heteroatoms. The molecule has 0 fully saturated rings. The van der Waals surface area contributed by atoms with Gasteiger partial charge in [0.25, 0.3) is 0 Å². The maximum atomic E-state index is 14.1. The van der Waals surface area contributed by atoms with Crippen molar-refractivity contribution in [1.82, 2.24) is 10.3 Å². The Labute approximate surface area is 187 Å². The van der Waals surface area contributed by atoms with Crippen LogP contribution in [0.4, 0.5) is 10.1 Å². The molecule has 0 saturated heterocycles. The van der Waals surface area contributed by atoms with Crippen LogP contribution < -0.4 is 10.6 Å². The van der Waals surface area contributed by atoms with Gasteiger partial charge in [0.15, 0.2) is 0 Å². The Balaban J connectivity index is 1.51. The van der Waals surface area contributed by atoms with Gasteiger partial charge in [0.05, 0.1) is 17.8 Å². The maximum absolute atomic E-state index is 14.1. The first-order valence-corrected chi connectivity index (χ1v) is 11.0. The van der Waals surface area contributed by atoms with E-state index < -0.39 is 11.8 Å². The van der Waals surface area contributed by atoms with E-state index in [0.717, 1.165) is 29.9 Å². The molecule has 1 aromatic heterocycles. The van der Waals surface area contributed by atoms with E-state index in [0.29, 0.717) is 18.0 Å². The molecule has 0 radical (unpaired) electrons. The molecule has 0 spiro atoms. The molecule has 0 bridgehead atoms. The van der Waals surface area contributed by atoms with Crippen molar-refractivity contribution in [2.24, 2.45) is 5.92 Å². The summed E-state index contributed by atoms with van der Waals surface area (Å²) >= 11 is 0. The Bertz CT molecular complexity index is 1070. The summed E-state index contributed by atoms with van der Waals surface area (Å²) in [5.74, 6) is -1.03. The van der Waals surface area contributed by atoms with Crippen LogP contribution in [-0.4, -0.2) is 29.1 Å². The molecule has 166 valence electrons. The number of carbonyl (C=O) groups is 1. The van der Waals surface area contributed by atoms with Crippen molar-refractivity contribution in [2.75, 3.05) is 18.4 Å². The highest BCUT2D eigenvalue weighted by atomic mass is 19.1. The molecular formula is C26H28FN3O2. The van der Waals surface area contributed by atoms with Gasteiger partial charge in [-0.2, -0.15) is 0 Å². The van der Waals surface area contributed by atoms with Gasteiger partial charge in [-0.05, 0) is 53.3 Å². The summed E-state index contributed by atoms with van der Waals surface area (Å²) in [6.45, 7) is 3.51. The van der Waals surface area contributed by atoms with Gasteiger partial charge < -0.3 is 15.7 Å². The van der Waals surface area contributed by atoms with Crippen LogP contribution in [0.5, 0.6) is 0 Å². The molecule has 3 N–H and O–H groups in total. The predicted molar refractivity (Wildman–Crippen MR) is 123 cm³/mol. The second-order valence-corrected chi connectivity index (χ2v) is 8.50. The van der Waals surface area contributed by atoms with Gasteiger partial charge in [-0.1, -0.05) is 43.3 Å². The summed E-state index contributed by atoms with van der Waals surface area (Å²) in [5.41, 5.74) is 4.65. The second-order valence-electron chi connectivity index (χ2n) is 8.50. The molecule has 2 heterocycles. The summed E-state index contributed by atoms with van der Waals surface area (Å²) in [6.07, 6.45) is 2.51. The van der Waals surface area contributed by atoms with Crippen molar-refractivity contribution < 1.29 is 14.3 Å². The van der Waals surface area contributed by atoms with E-state index in [1.165, 1.54) is 17.7 Å². The average Bonchev–Trinajstić information content (AvgIpc) is 2.79. The van der Waals surface area contributed by atoms with E-state index >= 15 is 0 Å². The zero-order chi connectivity index (χ0) is 22.5. The first kappa shape index (κ1) is 22.0. The molecule has 0 saturated carbocycles. The zero-order valence-electron chi connectivity index (χ0n) is 18.1. The molecule has 3 atom stereocenters. The SMILES string of the molecule is C[C@H](CN[C@H](c1ccccc1)[C@H]1CNc2cccnc2C1)c1cc(F)cc(CC(=O)O)c1. The highest BCUT2D eigenvalue weighted by molar-refractivity contribution is 5.70. The number of aliphatic carboxylic acids is 1. The van der Waals surface area contributed by atoms with Crippen LogP contribution >= 0.6 is 0 Å². The summed E-state index contributed by atoms with van der Waals surface area (Å²) in [5, 5.41) is 16.3. The Kier molecular flexibility index (Phi) is 6.81. The minimum absolute atomic E-state index is 0.0198. The molecule has 3 aromatic rings. The van der Waals surface area contributed by atoms with Crippen molar-refractivity contribution >= 4 is 11.7 Å². The largest absolute Gasteiger partial charge is 0.481 e. The van der Waals surface area contributed by atoms with Crippen LogP contribution in [0.1, 0.15) is 41.3 Å². The van der Waals surface area contributed by atoms with Crippen LogP contribution in [0.3, 0.4) is 0 Å². The molecule has 32 heavy (non-hydrogen) atoms. The maximum Gasteiger partial charge on any atom is 0.307 e. The van der Waals surface area contributed by atoms with E-state index in [1.54, 1.807) is 6.07 Å². The van der Waals surface area contributed by atoms with E-state index in [-0.39, 0.29) is 18.4 Å². The second kappa shape index (κ2) is 9.92. The number of aromatic nitrogens is 1. The highest BCUT2D eigenvalue weighted by Gasteiger charge is 2.28. The van der Waals surface area contributed by atoms with Gasteiger partial charge in [-0.3, -0.25) is 9.78 Å². The van der Waals surface area contributed by atoms with Crippen molar-refractivity contribution in [1.29, 1.82) is 0 Å². The quantitative estimate of drug-likeness (QED) is 0.485. The first-order chi connectivity index (χ1) is 15.5. The minimum atomic E-state index is -0.963. The molecular weight excluding hydrogens is 405 g/mol. The third-order valence-electron chi connectivity index (χ3n) is 6.08. The third-order valence-corrected chi connectivity index (χ3v) is 6.08. The van der Waals surface area contributed by atoms with E-state index in [9.17, 15) is 9.18 Å². The fraction of sp³-hybridized carbons (Fsp3) is 0.308. The lowest BCUT2D eigenvalue weighted by atomic mass is 9.86. The Morgan fingerprint density at radius 2 is 2.00 bits per heavy atom. The van der Waals surface area contributed by atoms with Crippen LogP contribution in [0.15, 0.2) is 66.9 Å². The molecule has 1 aliphatic rings. The number of pyridine rings is 1.